The largest absolute Gasteiger partial charge is 0.465 e. The van der Waals surface area contributed by atoms with Crippen molar-refractivity contribution in [1.82, 2.24) is 4.98 Å². The summed E-state index contributed by atoms with van der Waals surface area (Å²) < 4.78 is 17.7. The monoisotopic (exact) mass is 360 g/mol. The molecule has 8 nitrogen and oxygen atoms in total. The van der Waals surface area contributed by atoms with Crippen LogP contribution in [0.4, 0.5) is 21.6 Å². The number of ether oxygens (including phenoxy) is 1. The minimum absolute atomic E-state index is 0.0639. The van der Waals surface area contributed by atoms with Crippen LogP contribution in [0.5, 0.6) is 0 Å². The topological polar surface area (TPSA) is 88.8 Å². The van der Waals surface area contributed by atoms with Gasteiger partial charge >= 0.3 is 5.97 Å². The lowest BCUT2D eigenvalue weighted by Gasteiger charge is -2.36. The van der Waals surface area contributed by atoms with E-state index in [0.29, 0.717) is 37.7 Å². The van der Waals surface area contributed by atoms with E-state index >= 15 is 0 Å². The third kappa shape index (κ3) is 3.56. The van der Waals surface area contributed by atoms with Gasteiger partial charge in [-0.15, -0.1) is 0 Å². The summed E-state index contributed by atoms with van der Waals surface area (Å²) in [6, 6.07) is 7.13. The quantitative estimate of drug-likeness (QED) is 0.469. The Bertz CT molecular complexity index is 820. The second kappa shape index (κ2) is 7.34. The fraction of sp³-hybridized carbons (Fsp3) is 0.294. The summed E-state index contributed by atoms with van der Waals surface area (Å²) in [5.74, 6) is -0.290. The molecule has 0 unspecified atom stereocenters. The fourth-order valence-corrected chi connectivity index (χ4v) is 2.91. The van der Waals surface area contributed by atoms with Crippen LogP contribution in [0.3, 0.4) is 0 Å². The maximum Gasteiger partial charge on any atom is 0.337 e. The standard InChI is InChI=1S/C17H17FN4O4/c1-26-17(23)12-2-4-14(22(24)25)15(10-12)20-6-8-21(9-7-20)16-5-3-13(18)11-19-16/h2-5,10-11H,6-9H2,1H3. The second-order valence-corrected chi connectivity index (χ2v) is 5.76. The molecule has 2 heterocycles. The number of nitrogens with zero attached hydrogens (tertiary/aromatic N) is 4. The molecule has 1 aromatic heterocycles. The number of pyridine rings is 1. The number of carbonyl (C=O) groups excluding carboxylic acids is 1. The van der Waals surface area contributed by atoms with Crippen molar-refractivity contribution in [2.24, 2.45) is 0 Å². The second-order valence-electron chi connectivity index (χ2n) is 5.76. The minimum Gasteiger partial charge on any atom is -0.465 e. The Kier molecular flexibility index (Phi) is 4.97. The Morgan fingerprint density at radius 1 is 1.19 bits per heavy atom. The van der Waals surface area contributed by atoms with Crippen LogP contribution in [-0.4, -0.2) is 49.2 Å². The van der Waals surface area contributed by atoms with Crippen molar-refractivity contribution < 1.29 is 18.8 Å². The van der Waals surface area contributed by atoms with Crippen molar-refractivity contribution in [2.45, 2.75) is 0 Å². The highest BCUT2D eigenvalue weighted by Crippen LogP contribution is 2.31. The highest BCUT2D eigenvalue weighted by atomic mass is 19.1. The van der Waals surface area contributed by atoms with Crippen molar-refractivity contribution in [3.63, 3.8) is 0 Å². The Morgan fingerprint density at radius 2 is 1.88 bits per heavy atom. The lowest BCUT2D eigenvalue weighted by Crippen LogP contribution is -2.47. The van der Waals surface area contributed by atoms with E-state index in [1.165, 1.54) is 31.4 Å². The highest BCUT2D eigenvalue weighted by Gasteiger charge is 2.25. The average molecular weight is 360 g/mol. The molecule has 1 aliphatic rings. The molecule has 0 amide bonds. The number of halogens is 1. The molecule has 0 N–H and O–H groups in total. The van der Waals surface area contributed by atoms with Crippen molar-refractivity contribution in [3.05, 3.63) is 58.0 Å². The molecule has 2 aromatic rings. The molecule has 0 aliphatic carbocycles. The third-order valence-corrected chi connectivity index (χ3v) is 4.25. The van der Waals surface area contributed by atoms with Crippen LogP contribution in [0.15, 0.2) is 36.5 Å². The molecule has 0 radical (unpaired) electrons. The molecule has 0 atom stereocenters. The first-order valence-corrected chi connectivity index (χ1v) is 7.98. The van der Waals surface area contributed by atoms with Crippen LogP contribution < -0.4 is 9.80 Å². The normalized spacial score (nSPS) is 14.2. The molecular formula is C17H17FN4O4. The van der Waals surface area contributed by atoms with E-state index in [9.17, 15) is 19.3 Å². The molecule has 1 aromatic carbocycles. The number of hydrogen-bond donors (Lipinski definition) is 0. The molecule has 0 spiro atoms. The molecular weight excluding hydrogens is 343 g/mol. The van der Waals surface area contributed by atoms with E-state index in [0.717, 1.165) is 6.20 Å². The van der Waals surface area contributed by atoms with Crippen LogP contribution in [0, 0.1) is 15.9 Å². The predicted molar refractivity (Wildman–Crippen MR) is 93.1 cm³/mol. The van der Waals surface area contributed by atoms with Crippen LogP contribution in [0.25, 0.3) is 0 Å². The maximum atomic E-state index is 13.0. The number of benzene rings is 1. The van der Waals surface area contributed by atoms with Crippen molar-refractivity contribution in [1.29, 1.82) is 0 Å². The Labute approximate surface area is 149 Å². The summed E-state index contributed by atoms with van der Waals surface area (Å²) in [6.45, 7) is 2.14. The fourth-order valence-electron chi connectivity index (χ4n) is 2.91. The first-order valence-electron chi connectivity index (χ1n) is 7.98. The van der Waals surface area contributed by atoms with Crippen LogP contribution in [-0.2, 0) is 4.74 Å². The van der Waals surface area contributed by atoms with Gasteiger partial charge in [-0.05, 0) is 24.3 Å². The summed E-state index contributed by atoms with van der Waals surface area (Å²) >= 11 is 0. The number of carbonyl (C=O) groups is 1. The summed E-state index contributed by atoms with van der Waals surface area (Å²) in [4.78, 5) is 30.5. The van der Waals surface area contributed by atoms with E-state index < -0.39 is 16.7 Å². The number of anilines is 2. The van der Waals surface area contributed by atoms with Gasteiger partial charge in [-0.3, -0.25) is 10.1 Å². The van der Waals surface area contributed by atoms with Crippen LogP contribution >= 0.6 is 0 Å². The minimum atomic E-state index is -0.546. The molecule has 1 fully saturated rings. The number of aromatic nitrogens is 1. The van der Waals surface area contributed by atoms with E-state index in [1.807, 2.05) is 9.80 Å². The molecule has 136 valence electrons. The summed E-state index contributed by atoms with van der Waals surface area (Å²) in [5.41, 5.74) is 0.575. The molecule has 3 rings (SSSR count). The number of methoxy groups -OCH3 is 1. The average Bonchev–Trinajstić information content (AvgIpc) is 2.67. The third-order valence-electron chi connectivity index (χ3n) is 4.25. The van der Waals surface area contributed by atoms with Gasteiger partial charge in [-0.2, -0.15) is 0 Å². The molecule has 0 bridgehead atoms. The lowest BCUT2D eigenvalue weighted by molar-refractivity contribution is -0.384. The zero-order chi connectivity index (χ0) is 18.7. The van der Waals surface area contributed by atoms with Gasteiger partial charge in [-0.1, -0.05) is 0 Å². The van der Waals surface area contributed by atoms with E-state index in [1.54, 1.807) is 6.07 Å². The molecule has 0 saturated carbocycles. The van der Waals surface area contributed by atoms with Crippen molar-refractivity contribution >= 4 is 23.2 Å². The highest BCUT2D eigenvalue weighted by molar-refractivity contribution is 5.91. The molecule has 26 heavy (non-hydrogen) atoms. The number of rotatable bonds is 4. The predicted octanol–water partition coefficient (Wildman–Crippen LogP) is 2.24. The molecule has 9 heteroatoms. The van der Waals surface area contributed by atoms with Gasteiger partial charge < -0.3 is 14.5 Å². The zero-order valence-corrected chi connectivity index (χ0v) is 14.1. The first kappa shape index (κ1) is 17.6. The Balaban J connectivity index is 1.80. The van der Waals surface area contributed by atoms with Gasteiger partial charge in [0.25, 0.3) is 5.69 Å². The van der Waals surface area contributed by atoms with Crippen molar-refractivity contribution in [2.75, 3.05) is 43.1 Å². The van der Waals surface area contributed by atoms with Gasteiger partial charge in [0.2, 0.25) is 0 Å². The van der Waals surface area contributed by atoms with E-state index in [4.69, 9.17) is 0 Å². The van der Waals surface area contributed by atoms with Crippen molar-refractivity contribution in [3.8, 4) is 0 Å². The zero-order valence-electron chi connectivity index (χ0n) is 14.1. The van der Waals surface area contributed by atoms with Gasteiger partial charge in [-0.25, -0.2) is 14.2 Å². The summed E-state index contributed by atoms with van der Waals surface area (Å²) in [6.07, 6.45) is 1.16. The number of esters is 1. The first-order chi connectivity index (χ1) is 12.5. The SMILES string of the molecule is COC(=O)c1ccc([N+](=O)[O-])c(N2CCN(c3ccc(F)cn3)CC2)c1. The summed E-state index contributed by atoms with van der Waals surface area (Å²) in [5, 5.41) is 11.3. The van der Waals surface area contributed by atoms with Gasteiger partial charge in [0.05, 0.1) is 23.8 Å². The van der Waals surface area contributed by atoms with Gasteiger partial charge in [0.15, 0.2) is 0 Å². The molecule has 1 aliphatic heterocycles. The number of nitro benzene ring substituents is 1. The van der Waals surface area contributed by atoms with Gasteiger partial charge in [0, 0.05) is 32.2 Å². The van der Waals surface area contributed by atoms with E-state index in [-0.39, 0.29) is 11.3 Å². The smallest absolute Gasteiger partial charge is 0.337 e. The number of piperazine rings is 1. The Morgan fingerprint density at radius 3 is 2.46 bits per heavy atom. The van der Waals surface area contributed by atoms with E-state index in [2.05, 4.69) is 9.72 Å². The van der Waals surface area contributed by atoms with Gasteiger partial charge in [0.1, 0.15) is 17.3 Å². The summed E-state index contributed by atoms with van der Waals surface area (Å²) in [7, 11) is 1.26. The lowest BCUT2D eigenvalue weighted by atomic mass is 10.1. The number of hydrogen-bond acceptors (Lipinski definition) is 7. The van der Waals surface area contributed by atoms with Crippen LogP contribution in [0.1, 0.15) is 10.4 Å². The number of nitro groups is 1. The maximum absolute atomic E-state index is 13.0. The Hall–Kier alpha value is -3.23. The van der Waals surface area contributed by atoms with Crippen LogP contribution in [0.2, 0.25) is 0 Å². The molecule has 1 saturated heterocycles.